The number of hydrogen-bond donors (Lipinski definition) is 1. The second kappa shape index (κ2) is 5.50. The molecular weight excluding hydrogens is 196 g/mol. The van der Waals surface area contributed by atoms with E-state index in [4.69, 9.17) is 4.74 Å². The van der Waals surface area contributed by atoms with Crippen LogP contribution >= 0.6 is 0 Å². The van der Waals surface area contributed by atoms with Crippen LogP contribution < -0.4 is 0 Å². The Kier molecular flexibility index (Phi) is 4.30. The fraction of sp³-hybridized carbons (Fsp3) is 0.600. The number of imidazole rings is 1. The molecule has 0 aliphatic heterocycles. The monoisotopic (exact) mass is 212 g/mol. The summed E-state index contributed by atoms with van der Waals surface area (Å²) in [5.74, 6) is -0.629. The number of rotatable bonds is 5. The first kappa shape index (κ1) is 11.7. The van der Waals surface area contributed by atoms with Gasteiger partial charge in [-0.25, -0.2) is 9.78 Å². The van der Waals surface area contributed by atoms with Gasteiger partial charge < -0.3 is 14.4 Å². The number of ether oxygens (including phenoxy) is 1. The lowest BCUT2D eigenvalue weighted by atomic mass is 10.2. The van der Waals surface area contributed by atoms with Crippen molar-refractivity contribution in [2.75, 3.05) is 6.61 Å². The molecule has 84 valence electrons. The van der Waals surface area contributed by atoms with Crippen LogP contribution in [0.1, 0.15) is 32.1 Å². The third-order valence-electron chi connectivity index (χ3n) is 2.00. The molecule has 1 heterocycles. The predicted octanol–water partition coefficient (Wildman–Crippen LogP) is 0.890. The molecule has 5 nitrogen and oxygen atoms in total. The van der Waals surface area contributed by atoms with E-state index in [-0.39, 0.29) is 6.61 Å². The summed E-state index contributed by atoms with van der Waals surface area (Å²) in [5.41, 5.74) is 0.482. The summed E-state index contributed by atoms with van der Waals surface area (Å²) in [4.78, 5) is 15.2. The van der Waals surface area contributed by atoms with Crippen LogP contribution in [0.2, 0.25) is 0 Å². The normalized spacial score (nSPS) is 12.5. The molecule has 0 radical (unpaired) electrons. The lowest BCUT2D eigenvalue weighted by Crippen LogP contribution is -2.18. The Bertz CT molecular complexity index is 322. The lowest BCUT2D eigenvalue weighted by Gasteiger charge is -2.11. The number of aryl methyl sites for hydroxylation is 1. The molecule has 0 amide bonds. The van der Waals surface area contributed by atoms with Crippen LogP contribution in [0.3, 0.4) is 0 Å². The fourth-order valence-corrected chi connectivity index (χ4v) is 1.33. The number of carbonyl (C=O) groups excluding carboxylic acids is 1. The van der Waals surface area contributed by atoms with Crippen LogP contribution in [0.5, 0.6) is 0 Å². The number of carbonyl (C=O) groups is 1. The Morgan fingerprint density at radius 1 is 1.67 bits per heavy atom. The summed E-state index contributed by atoms with van der Waals surface area (Å²) in [5, 5.41) is 9.68. The molecule has 1 unspecified atom stereocenters. The third kappa shape index (κ3) is 2.79. The first-order valence-corrected chi connectivity index (χ1v) is 5.05. The van der Waals surface area contributed by atoms with E-state index in [1.165, 1.54) is 6.20 Å². The molecule has 5 heteroatoms. The first-order chi connectivity index (χ1) is 7.20. The molecule has 15 heavy (non-hydrogen) atoms. The summed E-state index contributed by atoms with van der Waals surface area (Å²) < 4.78 is 6.48. The second-order valence-corrected chi connectivity index (χ2v) is 3.17. The van der Waals surface area contributed by atoms with Gasteiger partial charge >= 0.3 is 5.97 Å². The molecule has 0 aromatic carbocycles. The van der Waals surface area contributed by atoms with Gasteiger partial charge in [-0.15, -0.1) is 0 Å². The second-order valence-electron chi connectivity index (χ2n) is 3.17. The quantitative estimate of drug-likeness (QED) is 0.736. The first-order valence-electron chi connectivity index (χ1n) is 5.05. The van der Waals surface area contributed by atoms with Gasteiger partial charge in [0.1, 0.15) is 0 Å². The van der Waals surface area contributed by atoms with E-state index in [1.54, 1.807) is 17.8 Å². The molecule has 1 aromatic rings. The molecule has 0 fully saturated rings. The fourth-order valence-electron chi connectivity index (χ4n) is 1.33. The maximum atomic E-state index is 11.3. The van der Waals surface area contributed by atoms with E-state index in [0.717, 1.165) is 13.0 Å². The Hall–Kier alpha value is -1.36. The minimum absolute atomic E-state index is 0.262. The summed E-state index contributed by atoms with van der Waals surface area (Å²) in [6, 6.07) is 0. The summed E-state index contributed by atoms with van der Waals surface area (Å²) in [6.07, 6.45) is 2.76. The number of esters is 1. The van der Waals surface area contributed by atoms with Crippen molar-refractivity contribution >= 4 is 5.97 Å². The standard InChI is InChI=1S/C10H16N2O3/c1-3-5-12-7-11-6-8(12)9(13)10(14)15-4-2/h6-7,9,13H,3-5H2,1-2H3. The Labute approximate surface area is 88.7 Å². The predicted molar refractivity (Wildman–Crippen MR) is 54.1 cm³/mol. The molecule has 0 aliphatic carbocycles. The van der Waals surface area contributed by atoms with E-state index >= 15 is 0 Å². The van der Waals surface area contributed by atoms with Gasteiger partial charge in [0, 0.05) is 6.54 Å². The highest BCUT2D eigenvalue weighted by molar-refractivity contribution is 5.75. The summed E-state index contributed by atoms with van der Waals surface area (Å²) >= 11 is 0. The Morgan fingerprint density at radius 2 is 2.40 bits per heavy atom. The molecule has 1 rings (SSSR count). The van der Waals surface area contributed by atoms with Crippen molar-refractivity contribution in [2.24, 2.45) is 0 Å². The van der Waals surface area contributed by atoms with Gasteiger partial charge in [-0.3, -0.25) is 0 Å². The highest BCUT2D eigenvalue weighted by Crippen LogP contribution is 2.14. The summed E-state index contributed by atoms with van der Waals surface area (Å²) in [6.45, 7) is 4.71. The third-order valence-corrected chi connectivity index (χ3v) is 2.00. The number of aliphatic hydroxyl groups excluding tert-OH is 1. The van der Waals surface area contributed by atoms with E-state index in [2.05, 4.69) is 4.98 Å². The SMILES string of the molecule is CCCn1cncc1C(O)C(=O)OCC. The van der Waals surface area contributed by atoms with E-state index in [0.29, 0.717) is 5.69 Å². The van der Waals surface area contributed by atoms with E-state index in [1.807, 2.05) is 6.92 Å². The molecule has 1 aromatic heterocycles. The molecule has 0 saturated carbocycles. The van der Waals surface area contributed by atoms with Gasteiger partial charge in [-0.05, 0) is 13.3 Å². The number of aromatic nitrogens is 2. The highest BCUT2D eigenvalue weighted by atomic mass is 16.5. The van der Waals surface area contributed by atoms with Gasteiger partial charge in [0.25, 0.3) is 0 Å². The van der Waals surface area contributed by atoms with Crippen molar-refractivity contribution in [1.29, 1.82) is 0 Å². The van der Waals surface area contributed by atoms with Crippen molar-refractivity contribution in [3.05, 3.63) is 18.2 Å². The molecule has 0 aliphatic rings. The van der Waals surface area contributed by atoms with Gasteiger partial charge in [0.15, 0.2) is 6.10 Å². The molecule has 1 atom stereocenters. The zero-order chi connectivity index (χ0) is 11.3. The average Bonchev–Trinajstić information content (AvgIpc) is 2.66. The van der Waals surface area contributed by atoms with Crippen molar-refractivity contribution in [3.8, 4) is 0 Å². The topological polar surface area (TPSA) is 64.3 Å². The Balaban J connectivity index is 2.76. The molecular formula is C10H16N2O3. The van der Waals surface area contributed by atoms with Crippen LogP contribution in [0.15, 0.2) is 12.5 Å². The van der Waals surface area contributed by atoms with Crippen LogP contribution in [0.25, 0.3) is 0 Å². The Morgan fingerprint density at radius 3 is 3.00 bits per heavy atom. The maximum Gasteiger partial charge on any atom is 0.341 e. The lowest BCUT2D eigenvalue weighted by molar-refractivity contribution is -0.153. The van der Waals surface area contributed by atoms with Gasteiger partial charge in [0.05, 0.1) is 24.8 Å². The van der Waals surface area contributed by atoms with Crippen LogP contribution in [-0.4, -0.2) is 27.2 Å². The van der Waals surface area contributed by atoms with E-state index in [9.17, 15) is 9.90 Å². The minimum atomic E-state index is -1.24. The van der Waals surface area contributed by atoms with Gasteiger partial charge in [-0.2, -0.15) is 0 Å². The van der Waals surface area contributed by atoms with Crippen LogP contribution in [0, 0.1) is 0 Å². The summed E-state index contributed by atoms with van der Waals surface area (Å²) in [7, 11) is 0. The van der Waals surface area contributed by atoms with Crippen LogP contribution in [-0.2, 0) is 16.1 Å². The molecule has 0 spiro atoms. The van der Waals surface area contributed by atoms with Crippen LogP contribution in [0.4, 0.5) is 0 Å². The average molecular weight is 212 g/mol. The van der Waals surface area contributed by atoms with Gasteiger partial charge in [-0.1, -0.05) is 6.92 Å². The minimum Gasteiger partial charge on any atom is -0.464 e. The largest absolute Gasteiger partial charge is 0.464 e. The maximum absolute atomic E-state index is 11.3. The number of aliphatic hydroxyl groups is 1. The smallest absolute Gasteiger partial charge is 0.341 e. The molecule has 0 bridgehead atoms. The van der Waals surface area contributed by atoms with Crippen molar-refractivity contribution < 1.29 is 14.6 Å². The number of nitrogens with zero attached hydrogens (tertiary/aromatic N) is 2. The van der Waals surface area contributed by atoms with Crippen molar-refractivity contribution in [1.82, 2.24) is 9.55 Å². The van der Waals surface area contributed by atoms with Gasteiger partial charge in [0.2, 0.25) is 0 Å². The molecule has 0 saturated heterocycles. The highest BCUT2D eigenvalue weighted by Gasteiger charge is 2.21. The van der Waals surface area contributed by atoms with Crippen molar-refractivity contribution in [2.45, 2.75) is 32.9 Å². The number of hydrogen-bond acceptors (Lipinski definition) is 4. The molecule has 1 N–H and O–H groups in total. The van der Waals surface area contributed by atoms with Crippen molar-refractivity contribution in [3.63, 3.8) is 0 Å². The zero-order valence-electron chi connectivity index (χ0n) is 9.01. The van der Waals surface area contributed by atoms with E-state index < -0.39 is 12.1 Å². The zero-order valence-corrected chi connectivity index (χ0v) is 9.01.